The quantitative estimate of drug-likeness (QED) is 0.762. The molecule has 5 heteroatoms. The molecule has 1 heterocycles. The first-order valence-corrected chi connectivity index (χ1v) is 6.80. The molecule has 1 aliphatic rings. The monoisotopic (exact) mass is 276 g/mol. The summed E-state index contributed by atoms with van der Waals surface area (Å²) in [6, 6.07) is 7.51. The Kier molecular flexibility index (Phi) is 4.61. The molecule has 20 heavy (non-hydrogen) atoms. The van der Waals surface area contributed by atoms with Crippen molar-refractivity contribution in [1.82, 2.24) is 4.90 Å². The highest BCUT2D eigenvalue weighted by Gasteiger charge is 2.30. The summed E-state index contributed by atoms with van der Waals surface area (Å²) in [5, 5.41) is 10.8. The molecule has 1 aliphatic heterocycles. The minimum atomic E-state index is -1.15. The standard InChI is InChI=1S/C15H19NO4/c1-2-7-20-13-5-3-11(4-6-13)9-16-10-12(15(18)19)8-14(16)17/h3-6,12H,2,7-10H2,1H3,(H,18,19)/p-1/t12-/m0/s1. The molecule has 0 saturated carbocycles. The molecule has 1 amide bonds. The van der Waals surface area contributed by atoms with Gasteiger partial charge in [0.2, 0.25) is 5.91 Å². The van der Waals surface area contributed by atoms with Crippen LogP contribution in [0.5, 0.6) is 5.75 Å². The Balaban J connectivity index is 1.93. The molecular formula is C15H18NO4-. The van der Waals surface area contributed by atoms with Gasteiger partial charge < -0.3 is 19.5 Å². The van der Waals surface area contributed by atoms with Crippen LogP contribution in [0.25, 0.3) is 0 Å². The summed E-state index contributed by atoms with van der Waals surface area (Å²) in [5.74, 6) is -1.17. The van der Waals surface area contributed by atoms with Crippen molar-refractivity contribution in [1.29, 1.82) is 0 Å². The van der Waals surface area contributed by atoms with Crippen LogP contribution in [0.4, 0.5) is 0 Å². The number of carbonyl (C=O) groups excluding carboxylic acids is 2. The van der Waals surface area contributed by atoms with Crippen LogP contribution < -0.4 is 9.84 Å². The van der Waals surface area contributed by atoms with Crippen LogP contribution in [0, 0.1) is 5.92 Å². The van der Waals surface area contributed by atoms with Crippen molar-refractivity contribution in [3.63, 3.8) is 0 Å². The van der Waals surface area contributed by atoms with Gasteiger partial charge in [0.1, 0.15) is 5.75 Å². The van der Waals surface area contributed by atoms with Crippen molar-refractivity contribution >= 4 is 11.9 Å². The number of carbonyl (C=O) groups is 2. The Morgan fingerprint density at radius 2 is 2.10 bits per heavy atom. The number of nitrogens with zero attached hydrogens (tertiary/aromatic N) is 1. The van der Waals surface area contributed by atoms with Crippen molar-refractivity contribution in [2.75, 3.05) is 13.2 Å². The molecule has 0 unspecified atom stereocenters. The molecule has 1 aromatic carbocycles. The fraction of sp³-hybridized carbons (Fsp3) is 0.467. The highest BCUT2D eigenvalue weighted by atomic mass is 16.5. The zero-order chi connectivity index (χ0) is 14.5. The number of carboxylic acid groups (broad SMARTS) is 1. The van der Waals surface area contributed by atoms with Gasteiger partial charge in [-0.1, -0.05) is 19.1 Å². The Hall–Kier alpha value is -2.04. The Morgan fingerprint density at radius 3 is 2.65 bits per heavy atom. The second kappa shape index (κ2) is 6.41. The molecule has 0 bridgehead atoms. The Morgan fingerprint density at radius 1 is 1.40 bits per heavy atom. The molecule has 0 spiro atoms. The van der Waals surface area contributed by atoms with E-state index in [0.717, 1.165) is 17.7 Å². The van der Waals surface area contributed by atoms with Crippen molar-refractivity contribution in [3.05, 3.63) is 29.8 Å². The largest absolute Gasteiger partial charge is 0.550 e. The fourth-order valence-electron chi connectivity index (χ4n) is 2.21. The third kappa shape index (κ3) is 3.50. The predicted octanol–water partition coefficient (Wildman–Crippen LogP) is 0.574. The topological polar surface area (TPSA) is 69.7 Å². The van der Waals surface area contributed by atoms with Crippen LogP contribution in [-0.2, 0) is 16.1 Å². The van der Waals surface area contributed by atoms with E-state index >= 15 is 0 Å². The lowest BCUT2D eigenvalue weighted by atomic mass is 10.1. The van der Waals surface area contributed by atoms with Crippen LogP contribution >= 0.6 is 0 Å². The summed E-state index contributed by atoms with van der Waals surface area (Å²) < 4.78 is 5.48. The molecule has 1 saturated heterocycles. The third-order valence-corrected chi connectivity index (χ3v) is 3.32. The van der Waals surface area contributed by atoms with E-state index in [1.807, 2.05) is 31.2 Å². The number of aliphatic carboxylic acids is 1. The van der Waals surface area contributed by atoms with E-state index in [0.29, 0.717) is 13.2 Å². The summed E-state index contributed by atoms with van der Waals surface area (Å²) in [4.78, 5) is 24.1. The summed E-state index contributed by atoms with van der Waals surface area (Å²) >= 11 is 0. The molecule has 108 valence electrons. The molecule has 1 atom stereocenters. The summed E-state index contributed by atoms with van der Waals surface area (Å²) in [6.07, 6.45) is 0.995. The van der Waals surface area contributed by atoms with Gasteiger partial charge in [-0.2, -0.15) is 0 Å². The number of amides is 1. The normalized spacial score (nSPS) is 18.4. The number of benzene rings is 1. The maximum absolute atomic E-state index is 11.7. The summed E-state index contributed by atoms with van der Waals surface area (Å²) in [7, 11) is 0. The van der Waals surface area contributed by atoms with Gasteiger partial charge in [-0.15, -0.1) is 0 Å². The number of hydrogen-bond donors (Lipinski definition) is 0. The summed E-state index contributed by atoms with van der Waals surface area (Å²) in [5.41, 5.74) is 0.959. The van der Waals surface area contributed by atoms with Crippen molar-refractivity contribution in [2.24, 2.45) is 5.92 Å². The number of likely N-dealkylation sites (tertiary alicyclic amines) is 1. The molecule has 0 radical (unpaired) electrons. The first kappa shape index (κ1) is 14.4. The minimum Gasteiger partial charge on any atom is -0.550 e. The van der Waals surface area contributed by atoms with E-state index in [4.69, 9.17) is 4.74 Å². The van der Waals surface area contributed by atoms with Crippen molar-refractivity contribution < 1.29 is 19.4 Å². The average molecular weight is 276 g/mol. The van der Waals surface area contributed by atoms with Gasteiger partial charge in [-0.3, -0.25) is 4.79 Å². The van der Waals surface area contributed by atoms with Crippen LogP contribution in [-0.4, -0.2) is 29.9 Å². The smallest absolute Gasteiger partial charge is 0.223 e. The molecule has 1 aromatic rings. The zero-order valence-corrected chi connectivity index (χ0v) is 11.5. The lowest BCUT2D eigenvalue weighted by Gasteiger charge is -2.17. The van der Waals surface area contributed by atoms with E-state index in [9.17, 15) is 14.7 Å². The van der Waals surface area contributed by atoms with Gasteiger partial charge in [0.25, 0.3) is 0 Å². The number of rotatable bonds is 6. The number of ether oxygens (including phenoxy) is 1. The lowest BCUT2D eigenvalue weighted by Crippen LogP contribution is -2.33. The van der Waals surface area contributed by atoms with Gasteiger partial charge in [-0.25, -0.2) is 0 Å². The molecule has 1 fully saturated rings. The van der Waals surface area contributed by atoms with Crippen LogP contribution in [0.2, 0.25) is 0 Å². The zero-order valence-electron chi connectivity index (χ0n) is 11.5. The van der Waals surface area contributed by atoms with E-state index in [1.54, 1.807) is 4.90 Å². The Labute approximate surface area is 118 Å². The van der Waals surface area contributed by atoms with E-state index in [1.165, 1.54) is 0 Å². The maximum Gasteiger partial charge on any atom is 0.223 e. The maximum atomic E-state index is 11.7. The van der Waals surface area contributed by atoms with Gasteiger partial charge in [0.05, 0.1) is 6.61 Å². The molecule has 0 aromatic heterocycles. The molecular weight excluding hydrogens is 258 g/mol. The minimum absolute atomic E-state index is 0.0417. The summed E-state index contributed by atoms with van der Waals surface area (Å²) in [6.45, 7) is 3.38. The van der Waals surface area contributed by atoms with Gasteiger partial charge >= 0.3 is 0 Å². The molecule has 0 aliphatic carbocycles. The third-order valence-electron chi connectivity index (χ3n) is 3.32. The highest BCUT2D eigenvalue weighted by molar-refractivity contribution is 5.85. The van der Waals surface area contributed by atoms with Crippen molar-refractivity contribution in [2.45, 2.75) is 26.3 Å². The van der Waals surface area contributed by atoms with Crippen LogP contribution in [0.15, 0.2) is 24.3 Å². The first-order valence-electron chi connectivity index (χ1n) is 6.80. The van der Waals surface area contributed by atoms with E-state index in [2.05, 4.69) is 0 Å². The lowest BCUT2D eigenvalue weighted by molar-refractivity contribution is -0.311. The number of carboxylic acids is 1. The SMILES string of the molecule is CCCOc1ccc(CN2C[C@@H](C(=O)[O-])CC2=O)cc1. The van der Waals surface area contributed by atoms with E-state index < -0.39 is 11.9 Å². The highest BCUT2D eigenvalue weighted by Crippen LogP contribution is 2.21. The van der Waals surface area contributed by atoms with Crippen LogP contribution in [0.3, 0.4) is 0 Å². The van der Waals surface area contributed by atoms with Gasteiger partial charge in [0, 0.05) is 31.4 Å². The molecule has 0 N–H and O–H groups in total. The molecule has 2 rings (SSSR count). The van der Waals surface area contributed by atoms with Crippen LogP contribution in [0.1, 0.15) is 25.3 Å². The number of hydrogen-bond acceptors (Lipinski definition) is 4. The first-order chi connectivity index (χ1) is 9.60. The predicted molar refractivity (Wildman–Crippen MR) is 70.8 cm³/mol. The second-order valence-electron chi connectivity index (χ2n) is 4.99. The second-order valence-corrected chi connectivity index (χ2v) is 4.99. The molecule has 5 nitrogen and oxygen atoms in total. The van der Waals surface area contributed by atoms with Crippen molar-refractivity contribution in [3.8, 4) is 5.75 Å². The van der Waals surface area contributed by atoms with Gasteiger partial charge in [0.15, 0.2) is 0 Å². The fourth-order valence-corrected chi connectivity index (χ4v) is 2.21. The van der Waals surface area contributed by atoms with E-state index in [-0.39, 0.29) is 18.9 Å². The van der Waals surface area contributed by atoms with Gasteiger partial charge in [-0.05, 0) is 24.1 Å². The average Bonchev–Trinajstić information content (AvgIpc) is 2.80. The Bertz CT molecular complexity index is 483.